The molecule has 2 nitrogen and oxygen atoms in total. The maximum Gasteiger partial charge on any atom is 0.123 e. The highest BCUT2D eigenvalue weighted by Crippen LogP contribution is 2.18. The maximum atomic E-state index is 13.2. The molecule has 1 unspecified atom stereocenters. The number of nitrogens with zero attached hydrogens (tertiary/aromatic N) is 1. The second kappa shape index (κ2) is 7.00. The molecule has 2 aromatic rings. The van der Waals surface area contributed by atoms with E-state index in [1.54, 1.807) is 24.5 Å². The van der Waals surface area contributed by atoms with Gasteiger partial charge in [-0.15, -0.1) is 0 Å². The third-order valence-corrected chi connectivity index (χ3v) is 3.08. The van der Waals surface area contributed by atoms with E-state index in [1.807, 2.05) is 18.2 Å². The van der Waals surface area contributed by atoms with Crippen LogP contribution in [0.2, 0.25) is 0 Å². The van der Waals surface area contributed by atoms with Crippen LogP contribution in [0, 0.1) is 5.82 Å². The predicted octanol–water partition coefficient (Wildman–Crippen LogP) is 3.50. The van der Waals surface area contributed by atoms with Gasteiger partial charge in [-0.3, -0.25) is 4.98 Å². The van der Waals surface area contributed by atoms with Crippen LogP contribution in [0.4, 0.5) is 4.39 Å². The second-order valence-electron chi connectivity index (χ2n) is 4.62. The molecular weight excluding hydrogens is 239 g/mol. The van der Waals surface area contributed by atoms with Crippen LogP contribution in [0.15, 0.2) is 48.8 Å². The molecular formula is C16H19FN2. The Morgan fingerprint density at radius 2 is 2.00 bits per heavy atom. The highest BCUT2D eigenvalue weighted by molar-refractivity contribution is 5.22. The van der Waals surface area contributed by atoms with Gasteiger partial charge in [-0.05, 0) is 54.8 Å². The molecule has 0 spiro atoms. The van der Waals surface area contributed by atoms with Gasteiger partial charge < -0.3 is 5.32 Å². The van der Waals surface area contributed by atoms with E-state index in [-0.39, 0.29) is 11.9 Å². The van der Waals surface area contributed by atoms with Crippen LogP contribution in [-0.4, -0.2) is 11.5 Å². The molecule has 19 heavy (non-hydrogen) atoms. The summed E-state index contributed by atoms with van der Waals surface area (Å²) in [5, 5.41) is 3.50. The van der Waals surface area contributed by atoms with E-state index in [1.165, 1.54) is 11.6 Å². The average Bonchev–Trinajstić information content (AvgIpc) is 2.44. The lowest BCUT2D eigenvalue weighted by Crippen LogP contribution is -2.24. The smallest absolute Gasteiger partial charge is 0.123 e. The number of halogens is 1. The van der Waals surface area contributed by atoms with E-state index >= 15 is 0 Å². The van der Waals surface area contributed by atoms with Crippen molar-refractivity contribution in [2.45, 2.75) is 25.8 Å². The topological polar surface area (TPSA) is 24.9 Å². The Morgan fingerprint density at radius 1 is 1.21 bits per heavy atom. The number of nitrogens with one attached hydrogen (secondary N) is 1. The number of benzene rings is 1. The predicted molar refractivity (Wildman–Crippen MR) is 75.4 cm³/mol. The van der Waals surface area contributed by atoms with Crippen molar-refractivity contribution in [3.63, 3.8) is 0 Å². The van der Waals surface area contributed by atoms with Crippen molar-refractivity contribution in [1.82, 2.24) is 10.3 Å². The number of hydrogen-bond donors (Lipinski definition) is 1. The molecule has 100 valence electrons. The Bertz CT molecular complexity index is 499. The Balaban J connectivity index is 2.14. The summed E-state index contributed by atoms with van der Waals surface area (Å²) < 4.78 is 13.2. The first-order valence-corrected chi connectivity index (χ1v) is 6.67. The van der Waals surface area contributed by atoms with Crippen LogP contribution in [0.25, 0.3) is 0 Å². The minimum absolute atomic E-state index is 0.179. The summed E-state index contributed by atoms with van der Waals surface area (Å²) in [7, 11) is 0. The lowest BCUT2D eigenvalue weighted by atomic mass is 9.99. The highest BCUT2D eigenvalue weighted by Gasteiger charge is 2.11. The van der Waals surface area contributed by atoms with Crippen LogP contribution in [0.5, 0.6) is 0 Å². The summed E-state index contributed by atoms with van der Waals surface area (Å²) in [4.78, 5) is 4.04. The Labute approximate surface area is 113 Å². The normalized spacial score (nSPS) is 12.3. The van der Waals surface area contributed by atoms with Crippen molar-refractivity contribution in [3.05, 3.63) is 65.7 Å². The zero-order chi connectivity index (χ0) is 13.5. The van der Waals surface area contributed by atoms with Crippen molar-refractivity contribution in [1.29, 1.82) is 0 Å². The van der Waals surface area contributed by atoms with Gasteiger partial charge in [0.2, 0.25) is 0 Å². The van der Waals surface area contributed by atoms with Crippen LogP contribution in [0.1, 0.15) is 30.5 Å². The molecule has 1 atom stereocenters. The third-order valence-electron chi connectivity index (χ3n) is 3.08. The van der Waals surface area contributed by atoms with Crippen molar-refractivity contribution in [2.24, 2.45) is 0 Å². The van der Waals surface area contributed by atoms with Crippen molar-refractivity contribution in [2.75, 3.05) is 6.54 Å². The van der Waals surface area contributed by atoms with E-state index in [0.29, 0.717) is 0 Å². The molecule has 2 rings (SSSR count). The molecule has 0 aliphatic carbocycles. The fraction of sp³-hybridized carbons (Fsp3) is 0.312. The minimum atomic E-state index is -0.179. The lowest BCUT2D eigenvalue weighted by molar-refractivity contribution is 0.527. The highest BCUT2D eigenvalue weighted by atomic mass is 19.1. The quantitative estimate of drug-likeness (QED) is 0.857. The van der Waals surface area contributed by atoms with E-state index in [4.69, 9.17) is 0 Å². The summed E-state index contributed by atoms with van der Waals surface area (Å²) >= 11 is 0. The molecule has 0 saturated heterocycles. The number of aromatic nitrogens is 1. The molecule has 0 fully saturated rings. The minimum Gasteiger partial charge on any atom is -0.310 e. The number of rotatable bonds is 6. The Morgan fingerprint density at radius 3 is 2.68 bits per heavy atom. The van der Waals surface area contributed by atoms with Gasteiger partial charge in [0, 0.05) is 18.4 Å². The fourth-order valence-electron chi connectivity index (χ4n) is 2.12. The van der Waals surface area contributed by atoms with Crippen molar-refractivity contribution < 1.29 is 4.39 Å². The van der Waals surface area contributed by atoms with Gasteiger partial charge in [0.05, 0.1) is 0 Å². The van der Waals surface area contributed by atoms with Gasteiger partial charge in [-0.25, -0.2) is 4.39 Å². The summed E-state index contributed by atoms with van der Waals surface area (Å²) in [6, 6.07) is 11.0. The van der Waals surface area contributed by atoms with Crippen molar-refractivity contribution >= 4 is 0 Å². The average molecular weight is 258 g/mol. The molecule has 1 heterocycles. The molecule has 0 aliphatic rings. The zero-order valence-electron chi connectivity index (χ0n) is 11.1. The molecule has 1 aromatic heterocycles. The molecule has 3 heteroatoms. The summed E-state index contributed by atoms with van der Waals surface area (Å²) in [6.45, 7) is 3.08. The van der Waals surface area contributed by atoms with E-state index < -0.39 is 0 Å². The van der Waals surface area contributed by atoms with E-state index in [2.05, 4.69) is 17.2 Å². The van der Waals surface area contributed by atoms with Gasteiger partial charge in [0.1, 0.15) is 5.82 Å². The first kappa shape index (κ1) is 13.7. The van der Waals surface area contributed by atoms with Gasteiger partial charge >= 0.3 is 0 Å². The van der Waals surface area contributed by atoms with Crippen LogP contribution in [-0.2, 0) is 6.42 Å². The van der Waals surface area contributed by atoms with Crippen LogP contribution < -0.4 is 5.32 Å². The monoisotopic (exact) mass is 258 g/mol. The standard InChI is InChI=1S/C16H19FN2/c1-2-8-19-16(14-6-9-18-10-7-14)12-13-4-3-5-15(17)11-13/h3-7,9-11,16,19H,2,8,12H2,1H3. The lowest BCUT2D eigenvalue weighted by Gasteiger charge is -2.19. The van der Waals surface area contributed by atoms with Crippen LogP contribution in [0.3, 0.4) is 0 Å². The molecule has 0 aliphatic heterocycles. The number of pyridine rings is 1. The van der Waals surface area contributed by atoms with Gasteiger partial charge in [0.15, 0.2) is 0 Å². The summed E-state index contributed by atoms with van der Waals surface area (Å²) in [5.74, 6) is -0.179. The third kappa shape index (κ3) is 4.14. The fourth-order valence-corrected chi connectivity index (χ4v) is 2.12. The van der Waals surface area contributed by atoms with E-state index in [0.717, 1.165) is 24.9 Å². The molecule has 0 bridgehead atoms. The summed E-state index contributed by atoms with van der Waals surface area (Å²) in [6.07, 6.45) is 5.44. The Hall–Kier alpha value is -1.74. The van der Waals surface area contributed by atoms with Gasteiger partial charge in [0.25, 0.3) is 0 Å². The molecule has 0 radical (unpaired) electrons. The first-order chi connectivity index (χ1) is 9.29. The molecule has 0 amide bonds. The SMILES string of the molecule is CCCNC(Cc1cccc(F)c1)c1ccncc1. The zero-order valence-corrected chi connectivity index (χ0v) is 11.1. The molecule has 1 aromatic carbocycles. The maximum absolute atomic E-state index is 13.2. The van der Waals surface area contributed by atoms with Gasteiger partial charge in [-0.1, -0.05) is 19.1 Å². The molecule has 1 N–H and O–H groups in total. The largest absolute Gasteiger partial charge is 0.310 e. The van der Waals surface area contributed by atoms with Gasteiger partial charge in [-0.2, -0.15) is 0 Å². The molecule has 0 saturated carbocycles. The van der Waals surface area contributed by atoms with E-state index in [9.17, 15) is 4.39 Å². The second-order valence-corrected chi connectivity index (χ2v) is 4.62. The van der Waals surface area contributed by atoms with Crippen LogP contribution >= 0.6 is 0 Å². The number of hydrogen-bond acceptors (Lipinski definition) is 2. The van der Waals surface area contributed by atoms with Crippen molar-refractivity contribution in [3.8, 4) is 0 Å². The Kier molecular flexibility index (Phi) is 5.04. The summed E-state index contributed by atoms with van der Waals surface area (Å²) in [5.41, 5.74) is 2.19. The first-order valence-electron chi connectivity index (χ1n) is 6.67.